The highest BCUT2D eigenvalue weighted by Crippen LogP contribution is 2.13. The van der Waals surface area contributed by atoms with Crippen molar-refractivity contribution in [2.24, 2.45) is 23.5 Å². The van der Waals surface area contributed by atoms with Crippen molar-refractivity contribution >= 4 is 35.5 Å². The number of carboxylic acids is 1. The molecule has 3 amide bonds. The maximum atomic E-state index is 13.2. The van der Waals surface area contributed by atoms with E-state index in [2.05, 4.69) is 16.0 Å². The minimum Gasteiger partial charge on any atom is -0.480 e. The molecule has 0 aromatic heterocycles. The standard InChI is InChI=1S/C23H44N4O5S/c1-8-14(5)18(24)21(29)27-19(15(6)9-2)22(30)26-17(12-13(3)4)20(28)25-16(23(31)32)10-11-33-7/h13-19H,8-12,24H2,1-7H3,(H,25,28)(H,26,30)(H,27,29)(H,31,32). The van der Waals surface area contributed by atoms with E-state index in [-0.39, 0.29) is 24.2 Å². The van der Waals surface area contributed by atoms with Crippen LogP contribution in [0.3, 0.4) is 0 Å². The minimum atomic E-state index is -1.11. The molecule has 0 fully saturated rings. The van der Waals surface area contributed by atoms with Gasteiger partial charge in [-0.2, -0.15) is 11.8 Å². The van der Waals surface area contributed by atoms with Crippen LogP contribution in [0, 0.1) is 17.8 Å². The summed E-state index contributed by atoms with van der Waals surface area (Å²) in [6.45, 7) is 11.4. The van der Waals surface area contributed by atoms with E-state index in [9.17, 15) is 24.3 Å². The van der Waals surface area contributed by atoms with Gasteiger partial charge in [0, 0.05) is 0 Å². The first-order chi connectivity index (χ1) is 15.4. The molecule has 0 aliphatic rings. The average molecular weight is 489 g/mol. The Labute approximate surface area is 202 Å². The zero-order chi connectivity index (χ0) is 25.7. The van der Waals surface area contributed by atoms with Crippen molar-refractivity contribution in [3.8, 4) is 0 Å². The molecule has 6 atom stereocenters. The van der Waals surface area contributed by atoms with Gasteiger partial charge in [0.05, 0.1) is 6.04 Å². The molecule has 33 heavy (non-hydrogen) atoms. The third-order valence-electron chi connectivity index (χ3n) is 5.92. The summed E-state index contributed by atoms with van der Waals surface area (Å²) in [5, 5.41) is 17.5. The molecule has 0 bridgehead atoms. The van der Waals surface area contributed by atoms with E-state index in [1.54, 1.807) is 0 Å². The van der Waals surface area contributed by atoms with Gasteiger partial charge < -0.3 is 26.8 Å². The molecule has 0 aromatic rings. The summed E-state index contributed by atoms with van der Waals surface area (Å²) >= 11 is 1.49. The highest BCUT2D eigenvalue weighted by atomic mass is 32.2. The van der Waals surface area contributed by atoms with Gasteiger partial charge in [-0.1, -0.05) is 54.4 Å². The van der Waals surface area contributed by atoms with Crippen LogP contribution in [0.2, 0.25) is 0 Å². The van der Waals surface area contributed by atoms with Gasteiger partial charge in [0.15, 0.2) is 0 Å². The maximum Gasteiger partial charge on any atom is 0.326 e. The lowest BCUT2D eigenvalue weighted by atomic mass is 9.94. The van der Waals surface area contributed by atoms with E-state index < -0.39 is 47.9 Å². The van der Waals surface area contributed by atoms with E-state index in [4.69, 9.17) is 5.73 Å². The van der Waals surface area contributed by atoms with Crippen molar-refractivity contribution in [1.82, 2.24) is 16.0 Å². The Kier molecular flexibility index (Phi) is 15.1. The predicted octanol–water partition coefficient (Wildman–Crippen LogP) is 1.74. The van der Waals surface area contributed by atoms with Crippen LogP contribution in [0.25, 0.3) is 0 Å². The fourth-order valence-corrected chi connectivity index (χ4v) is 3.66. The number of nitrogens with one attached hydrogen (secondary N) is 3. The van der Waals surface area contributed by atoms with Crippen molar-refractivity contribution in [3.05, 3.63) is 0 Å². The highest BCUT2D eigenvalue weighted by Gasteiger charge is 2.33. The number of amides is 3. The lowest BCUT2D eigenvalue weighted by Gasteiger charge is -2.29. The number of carboxylic acid groups (broad SMARTS) is 1. The Morgan fingerprint density at radius 1 is 0.848 bits per heavy atom. The van der Waals surface area contributed by atoms with Crippen LogP contribution in [0.4, 0.5) is 0 Å². The highest BCUT2D eigenvalue weighted by molar-refractivity contribution is 7.98. The summed E-state index contributed by atoms with van der Waals surface area (Å²) in [5.41, 5.74) is 6.03. The summed E-state index contributed by atoms with van der Waals surface area (Å²) in [5.74, 6) is -2.12. The minimum absolute atomic E-state index is 0.0423. The van der Waals surface area contributed by atoms with Crippen LogP contribution in [0.5, 0.6) is 0 Å². The van der Waals surface area contributed by atoms with Crippen molar-refractivity contribution in [2.75, 3.05) is 12.0 Å². The topological polar surface area (TPSA) is 151 Å². The number of aliphatic carboxylic acids is 1. The first-order valence-corrected chi connectivity index (χ1v) is 13.2. The first-order valence-electron chi connectivity index (χ1n) is 11.8. The summed E-state index contributed by atoms with van der Waals surface area (Å²) in [6.07, 6.45) is 3.84. The number of rotatable bonds is 16. The van der Waals surface area contributed by atoms with Gasteiger partial charge in [-0.25, -0.2) is 4.79 Å². The molecular weight excluding hydrogens is 444 g/mol. The molecule has 0 saturated heterocycles. The summed E-state index contributed by atoms with van der Waals surface area (Å²) in [6, 6.07) is -3.54. The Morgan fingerprint density at radius 2 is 1.39 bits per heavy atom. The molecular formula is C23H44N4O5S. The zero-order valence-corrected chi connectivity index (χ0v) is 22.0. The van der Waals surface area contributed by atoms with Crippen LogP contribution in [-0.2, 0) is 19.2 Å². The van der Waals surface area contributed by atoms with Gasteiger partial charge in [0.2, 0.25) is 17.7 Å². The number of thioether (sulfide) groups is 1. The fourth-order valence-electron chi connectivity index (χ4n) is 3.19. The molecule has 0 rings (SSSR count). The third kappa shape index (κ3) is 11.2. The Hall–Kier alpha value is -1.81. The van der Waals surface area contributed by atoms with Gasteiger partial charge in [-0.3, -0.25) is 14.4 Å². The van der Waals surface area contributed by atoms with Crippen molar-refractivity contribution in [3.63, 3.8) is 0 Å². The zero-order valence-electron chi connectivity index (χ0n) is 21.1. The lowest BCUT2D eigenvalue weighted by molar-refractivity contribution is -0.142. The molecule has 6 N–H and O–H groups in total. The Morgan fingerprint density at radius 3 is 1.85 bits per heavy atom. The largest absolute Gasteiger partial charge is 0.480 e. The third-order valence-corrected chi connectivity index (χ3v) is 6.56. The van der Waals surface area contributed by atoms with Crippen LogP contribution in [0.15, 0.2) is 0 Å². The van der Waals surface area contributed by atoms with E-state index in [0.29, 0.717) is 18.6 Å². The summed E-state index contributed by atoms with van der Waals surface area (Å²) in [4.78, 5) is 50.2. The number of carbonyl (C=O) groups is 4. The number of hydrogen-bond donors (Lipinski definition) is 5. The summed E-state index contributed by atoms with van der Waals surface area (Å²) in [7, 11) is 0. The molecule has 0 aliphatic heterocycles. The maximum absolute atomic E-state index is 13.2. The van der Waals surface area contributed by atoms with Gasteiger partial charge in [-0.15, -0.1) is 0 Å². The lowest BCUT2D eigenvalue weighted by Crippen LogP contribution is -2.59. The molecule has 10 heteroatoms. The normalized spacial score (nSPS) is 16.8. The Balaban J connectivity index is 5.55. The van der Waals surface area contributed by atoms with Gasteiger partial charge >= 0.3 is 5.97 Å². The van der Waals surface area contributed by atoms with Crippen LogP contribution >= 0.6 is 11.8 Å². The summed E-state index contributed by atoms with van der Waals surface area (Å²) < 4.78 is 0. The van der Waals surface area contributed by atoms with Crippen LogP contribution in [-0.4, -0.2) is 65.0 Å². The molecule has 192 valence electrons. The van der Waals surface area contributed by atoms with Gasteiger partial charge in [-0.05, 0) is 42.6 Å². The Bertz CT molecular complexity index is 646. The fraction of sp³-hybridized carbons (Fsp3) is 0.826. The second-order valence-electron chi connectivity index (χ2n) is 9.15. The predicted molar refractivity (Wildman–Crippen MR) is 133 cm³/mol. The average Bonchev–Trinajstić information content (AvgIpc) is 2.76. The van der Waals surface area contributed by atoms with E-state index in [1.807, 2.05) is 47.8 Å². The molecule has 0 radical (unpaired) electrons. The van der Waals surface area contributed by atoms with Crippen molar-refractivity contribution in [1.29, 1.82) is 0 Å². The molecule has 0 aromatic carbocycles. The van der Waals surface area contributed by atoms with E-state index in [0.717, 1.165) is 6.42 Å². The molecule has 6 unspecified atom stereocenters. The number of hydrogen-bond acceptors (Lipinski definition) is 6. The van der Waals surface area contributed by atoms with Crippen molar-refractivity contribution < 1.29 is 24.3 Å². The molecule has 0 aliphatic carbocycles. The monoisotopic (exact) mass is 488 g/mol. The van der Waals surface area contributed by atoms with Gasteiger partial charge in [0.25, 0.3) is 0 Å². The smallest absolute Gasteiger partial charge is 0.326 e. The quantitative estimate of drug-likeness (QED) is 0.222. The van der Waals surface area contributed by atoms with Crippen molar-refractivity contribution in [2.45, 2.75) is 91.4 Å². The van der Waals surface area contributed by atoms with E-state index in [1.165, 1.54) is 11.8 Å². The number of nitrogens with two attached hydrogens (primary N) is 1. The first kappa shape index (κ1) is 31.2. The molecule has 0 heterocycles. The van der Waals surface area contributed by atoms with E-state index >= 15 is 0 Å². The SMILES string of the molecule is CCC(C)C(N)C(=O)NC(C(=O)NC(CC(C)C)C(=O)NC(CCSC)C(=O)O)C(C)CC. The second kappa shape index (κ2) is 15.9. The molecule has 0 spiro atoms. The molecule has 9 nitrogen and oxygen atoms in total. The van der Waals surface area contributed by atoms with Gasteiger partial charge in [0.1, 0.15) is 18.1 Å². The molecule has 0 saturated carbocycles. The van der Waals surface area contributed by atoms with Crippen LogP contribution in [0.1, 0.15) is 67.2 Å². The van der Waals surface area contributed by atoms with Crippen LogP contribution < -0.4 is 21.7 Å². The number of carbonyl (C=O) groups excluding carboxylic acids is 3. The second-order valence-corrected chi connectivity index (χ2v) is 10.1.